The van der Waals surface area contributed by atoms with E-state index in [1.165, 1.54) is 5.56 Å². The molecular weight excluding hydrogens is 266 g/mol. The summed E-state index contributed by atoms with van der Waals surface area (Å²) in [4.78, 5) is 8.83. The van der Waals surface area contributed by atoms with Gasteiger partial charge in [-0.15, -0.1) is 11.3 Å². The van der Waals surface area contributed by atoms with Gasteiger partial charge in [0.1, 0.15) is 0 Å². The van der Waals surface area contributed by atoms with Gasteiger partial charge in [0.05, 0.1) is 10.7 Å². The van der Waals surface area contributed by atoms with Gasteiger partial charge in [0, 0.05) is 36.3 Å². The first-order valence-electron chi connectivity index (χ1n) is 6.48. The number of thiazole rings is 1. The summed E-state index contributed by atoms with van der Waals surface area (Å²) in [6.07, 6.45) is 4.50. The molecule has 0 saturated heterocycles. The van der Waals surface area contributed by atoms with Crippen LogP contribution in [-0.2, 0) is 13.0 Å². The Morgan fingerprint density at radius 3 is 2.80 bits per heavy atom. The Labute approximate surface area is 122 Å². The highest BCUT2D eigenvalue weighted by Crippen LogP contribution is 2.24. The predicted octanol–water partition coefficient (Wildman–Crippen LogP) is 3.25. The fraction of sp³-hybridized carbons (Fsp3) is 0.125. The third-order valence-electron chi connectivity index (χ3n) is 3.09. The van der Waals surface area contributed by atoms with Crippen LogP contribution in [0, 0.1) is 0 Å². The van der Waals surface area contributed by atoms with Crippen LogP contribution in [0.4, 0.5) is 0 Å². The minimum Gasteiger partial charge on any atom is -0.326 e. The maximum Gasteiger partial charge on any atom is 0.0977 e. The molecule has 4 heteroatoms. The number of rotatable bonds is 4. The van der Waals surface area contributed by atoms with Crippen LogP contribution < -0.4 is 5.73 Å². The SMILES string of the molecule is NCc1cccc(-c2csc(Cc3cccnc3)n2)c1. The Kier molecular flexibility index (Phi) is 3.85. The summed E-state index contributed by atoms with van der Waals surface area (Å²) in [5, 5.41) is 3.20. The number of hydrogen-bond acceptors (Lipinski definition) is 4. The lowest BCUT2D eigenvalue weighted by Crippen LogP contribution is -1.95. The number of benzene rings is 1. The van der Waals surface area contributed by atoms with E-state index < -0.39 is 0 Å². The first-order valence-corrected chi connectivity index (χ1v) is 7.36. The van der Waals surface area contributed by atoms with Crippen LogP contribution in [0.5, 0.6) is 0 Å². The van der Waals surface area contributed by atoms with Gasteiger partial charge in [-0.3, -0.25) is 4.98 Å². The summed E-state index contributed by atoms with van der Waals surface area (Å²) in [5.41, 5.74) is 10.1. The second kappa shape index (κ2) is 5.94. The Morgan fingerprint density at radius 2 is 2.00 bits per heavy atom. The van der Waals surface area contributed by atoms with E-state index in [0.29, 0.717) is 6.54 Å². The molecule has 3 aromatic rings. The van der Waals surface area contributed by atoms with E-state index >= 15 is 0 Å². The van der Waals surface area contributed by atoms with Crippen LogP contribution in [-0.4, -0.2) is 9.97 Å². The molecule has 100 valence electrons. The van der Waals surface area contributed by atoms with Crippen LogP contribution in [0.3, 0.4) is 0 Å². The van der Waals surface area contributed by atoms with Crippen molar-refractivity contribution in [2.75, 3.05) is 0 Å². The topological polar surface area (TPSA) is 51.8 Å². The van der Waals surface area contributed by atoms with Gasteiger partial charge in [0.15, 0.2) is 0 Å². The molecule has 3 nitrogen and oxygen atoms in total. The summed E-state index contributed by atoms with van der Waals surface area (Å²) in [5.74, 6) is 0. The molecule has 0 fully saturated rings. The average Bonchev–Trinajstić information content (AvgIpc) is 2.97. The zero-order valence-electron chi connectivity index (χ0n) is 11.0. The van der Waals surface area contributed by atoms with Gasteiger partial charge in [-0.25, -0.2) is 4.98 Å². The van der Waals surface area contributed by atoms with E-state index in [0.717, 1.165) is 28.2 Å². The van der Waals surface area contributed by atoms with Gasteiger partial charge >= 0.3 is 0 Å². The zero-order chi connectivity index (χ0) is 13.8. The molecule has 0 saturated carbocycles. The molecule has 3 rings (SSSR count). The Bertz CT molecular complexity index is 692. The first-order chi connectivity index (χ1) is 9.85. The summed E-state index contributed by atoms with van der Waals surface area (Å²) >= 11 is 1.68. The number of pyridine rings is 1. The normalized spacial score (nSPS) is 10.7. The fourth-order valence-electron chi connectivity index (χ4n) is 2.06. The molecule has 0 radical (unpaired) electrons. The quantitative estimate of drug-likeness (QED) is 0.798. The predicted molar refractivity (Wildman–Crippen MR) is 82.5 cm³/mol. The molecule has 0 atom stereocenters. The number of aromatic nitrogens is 2. The van der Waals surface area contributed by atoms with E-state index in [9.17, 15) is 0 Å². The molecule has 0 unspecified atom stereocenters. The molecule has 0 aliphatic carbocycles. The van der Waals surface area contributed by atoms with Crippen LogP contribution >= 0.6 is 11.3 Å². The Morgan fingerprint density at radius 1 is 1.10 bits per heavy atom. The Hall–Kier alpha value is -2.04. The van der Waals surface area contributed by atoms with Crippen LogP contribution in [0.2, 0.25) is 0 Å². The highest BCUT2D eigenvalue weighted by molar-refractivity contribution is 7.10. The number of nitrogens with two attached hydrogens (primary N) is 1. The third kappa shape index (κ3) is 2.92. The molecule has 0 aliphatic rings. The van der Waals surface area contributed by atoms with Crippen LogP contribution in [0.15, 0.2) is 54.2 Å². The molecule has 1 aromatic carbocycles. The van der Waals surface area contributed by atoms with E-state index in [2.05, 4.69) is 28.6 Å². The highest BCUT2D eigenvalue weighted by atomic mass is 32.1. The monoisotopic (exact) mass is 281 g/mol. The fourth-order valence-corrected chi connectivity index (χ4v) is 2.90. The first kappa shape index (κ1) is 13.0. The summed E-state index contributed by atoms with van der Waals surface area (Å²) in [6.45, 7) is 0.556. The molecule has 0 amide bonds. The standard InChI is InChI=1S/C16H15N3S/c17-9-12-3-1-5-14(7-12)15-11-20-16(19-15)8-13-4-2-6-18-10-13/h1-7,10-11H,8-9,17H2. The van der Waals surface area contributed by atoms with Crippen molar-refractivity contribution in [2.45, 2.75) is 13.0 Å². The lowest BCUT2D eigenvalue weighted by molar-refractivity contribution is 1.07. The second-order valence-electron chi connectivity index (χ2n) is 4.57. The highest BCUT2D eigenvalue weighted by Gasteiger charge is 2.06. The van der Waals surface area contributed by atoms with Crippen molar-refractivity contribution in [1.29, 1.82) is 0 Å². The summed E-state index contributed by atoms with van der Waals surface area (Å²) in [7, 11) is 0. The van der Waals surface area contributed by atoms with Crippen molar-refractivity contribution in [3.05, 3.63) is 70.3 Å². The maximum absolute atomic E-state index is 5.68. The lowest BCUT2D eigenvalue weighted by Gasteiger charge is -2.00. The van der Waals surface area contributed by atoms with Crippen molar-refractivity contribution in [3.63, 3.8) is 0 Å². The van der Waals surface area contributed by atoms with Crippen molar-refractivity contribution in [3.8, 4) is 11.3 Å². The third-order valence-corrected chi connectivity index (χ3v) is 3.94. The zero-order valence-corrected chi connectivity index (χ0v) is 11.8. The minimum atomic E-state index is 0.556. The van der Waals surface area contributed by atoms with E-state index in [1.54, 1.807) is 17.5 Å². The van der Waals surface area contributed by atoms with Gasteiger partial charge in [-0.2, -0.15) is 0 Å². The van der Waals surface area contributed by atoms with E-state index in [4.69, 9.17) is 10.7 Å². The molecular formula is C16H15N3S. The summed E-state index contributed by atoms with van der Waals surface area (Å²) in [6, 6.07) is 12.3. The van der Waals surface area contributed by atoms with Gasteiger partial charge < -0.3 is 5.73 Å². The van der Waals surface area contributed by atoms with Gasteiger partial charge in [0.25, 0.3) is 0 Å². The molecule has 2 N–H and O–H groups in total. The molecule has 2 aromatic heterocycles. The van der Waals surface area contributed by atoms with Gasteiger partial charge in [0.2, 0.25) is 0 Å². The van der Waals surface area contributed by atoms with Crippen LogP contribution in [0.25, 0.3) is 11.3 Å². The summed E-state index contributed by atoms with van der Waals surface area (Å²) < 4.78 is 0. The average molecular weight is 281 g/mol. The van der Waals surface area contributed by atoms with E-state index in [-0.39, 0.29) is 0 Å². The molecule has 20 heavy (non-hydrogen) atoms. The molecule has 2 heterocycles. The maximum atomic E-state index is 5.68. The molecule has 0 aliphatic heterocycles. The van der Waals surface area contributed by atoms with Crippen molar-refractivity contribution < 1.29 is 0 Å². The number of nitrogens with zero attached hydrogens (tertiary/aromatic N) is 2. The van der Waals surface area contributed by atoms with Gasteiger partial charge in [-0.05, 0) is 23.3 Å². The van der Waals surface area contributed by atoms with Gasteiger partial charge in [-0.1, -0.05) is 24.3 Å². The van der Waals surface area contributed by atoms with Crippen molar-refractivity contribution in [2.24, 2.45) is 5.73 Å². The smallest absolute Gasteiger partial charge is 0.0977 e. The minimum absolute atomic E-state index is 0.556. The Balaban J connectivity index is 1.83. The lowest BCUT2D eigenvalue weighted by atomic mass is 10.1. The van der Waals surface area contributed by atoms with E-state index in [1.807, 2.05) is 24.4 Å². The van der Waals surface area contributed by atoms with Crippen molar-refractivity contribution >= 4 is 11.3 Å². The molecule has 0 spiro atoms. The largest absolute Gasteiger partial charge is 0.326 e. The number of hydrogen-bond donors (Lipinski definition) is 1. The second-order valence-corrected chi connectivity index (χ2v) is 5.51. The van der Waals surface area contributed by atoms with Crippen LogP contribution in [0.1, 0.15) is 16.1 Å². The molecule has 0 bridgehead atoms. The van der Waals surface area contributed by atoms with Crippen molar-refractivity contribution in [1.82, 2.24) is 9.97 Å².